The van der Waals surface area contributed by atoms with Gasteiger partial charge in [0.25, 0.3) is 0 Å². The van der Waals surface area contributed by atoms with Crippen molar-refractivity contribution in [3.05, 3.63) is 29.8 Å². The fourth-order valence-corrected chi connectivity index (χ4v) is 7.18. The summed E-state index contributed by atoms with van der Waals surface area (Å²) in [7, 11) is 2.10. The van der Waals surface area contributed by atoms with Crippen molar-refractivity contribution in [1.29, 1.82) is 0 Å². The Bertz CT molecular complexity index is 1520. The third-order valence-corrected chi connectivity index (χ3v) is 10.2. The number of carboxylic acids is 1. The number of phenolic OH excluding ortho intramolecular Hbond substituents is 1. The first kappa shape index (κ1) is 45.5. The van der Waals surface area contributed by atoms with E-state index in [0.717, 1.165) is 28.5 Å². The zero-order valence-electron chi connectivity index (χ0n) is 29.8. The van der Waals surface area contributed by atoms with Crippen LogP contribution in [0.2, 0.25) is 0 Å². The van der Waals surface area contributed by atoms with E-state index in [2.05, 4.69) is 31.9 Å². The number of amides is 7. The first-order valence-electron chi connectivity index (χ1n) is 16.7. The second-order valence-corrected chi connectivity index (χ2v) is 15.4. The number of aliphatic hydroxyl groups excluding tert-OH is 2. The van der Waals surface area contributed by atoms with Gasteiger partial charge in [-0.3, -0.25) is 38.4 Å². The van der Waals surface area contributed by atoms with E-state index in [1.54, 1.807) is 13.8 Å². The average Bonchev–Trinajstić information content (AvgIpc) is 3.09. The molecule has 1 fully saturated rings. The lowest BCUT2D eigenvalue weighted by Gasteiger charge is -2.28. The smallest absolute Gasteiger partial charge is 0.305 e. The summed E-state index contributed by atoms with van der Waals surface area (Å²) in [5.41, 5.74) is 12.1. The van der Waals surface area contributed by atoms with Gasteiger partial charge in [0.2, 0.25) is 41.4 Å². The highest BCUT2D eigenvalue weighted by atomic mass is 33.1. The molecule has 1 aliphatic rings. The van der Waals surface area contributed by atoms with Crippen LogP contribution in [0.1, 0.15) is 39.2 Å². The predicted octanol–water partition coefficient (Wildman–Crippen LogP) is -4.05. The van der Waals surface area contributed by atoms with Gasteiger partial charge in [-0.15, -0.1) is 0 Å². The maximum Gasteiger partial charge on any atom is 0.305 e. The molecule has 0 aliphatic carbocycles. The summed E-state index contributed by atoms with van der Waals surface area (Å²) < 4.78 is 0. The number of hydrogen-bond acceptors (Lipinski definition) is 14. The lowest BCUT2D eigenvalue weighted by molar-refractivity contribution is -0.142. The number of primary amides is 1. The number of carboxylic acid groups (broad SMARTS) is 1. The lowest BCUT2D eigenvalue weighted by Crippen LogP contribution is -2.62. The summed E-state index contributed by atoms with van der Waals surface area (Å²) in [6.07, 6.45) is -2.81. The van der Waals surface area contributed by atoms with E-state index in [0.29, 0.717) is 5.56 Å². The number of aliphatic carboxylic acids is 1. The molecule has 1 aromatic carbocycles. The Labute approximate surface area is 318 Å². The minimum absolute atomic E-state index is 0.0368. The molecule has 0 spiro atoms. The topological polar surface area (TPSA) is 342 Å². The molecule has 0 saturated carbocycles. The fraction of sp³-hybridized carbons (Fsp3) is 0.562. The molecule has 0 aromatic heterocycles. The number of carbonyl (C=O) groups is 8. The summed E-state index contributed by atoms with van der Waals surface area (Å²) in [5.74, 6) is -9.04. The van der Waals surface area contributed by atoms with Crippen LogP contribution in [0.5, 0.6) is 5.75 Å². The second-order valence-electron chi connectivity index (χ2n) is 12.9. The first-order valence-corrected chi connectivity index (χ1v) is 19.2. The highest BCUT2D eigenvalue weighted by Crippen LogP contribution is 2.23. The molecule has 2 rings (SSSR count). The third kappa shape index (κ3) is 15.0. The van der Waals surface area contributed by atoms with E-state index >= 15 is 0 Å². The van der Waals surface area contributed by atoms with E-state index in [1.807, 2.05) is 0 Å². The van der Waals surface area contributed by atoms with Crippen molar-refractivity contribution in [2.24, 2.45) is 17.4 Å². The largest absolute Gasteiger partial charge is 0.508 e. The molecule has 7 amide bonds. The molecule has 54 heavy (non-hydrogen) atoms. The van der Waals surface area contributed by atoms with Crippen molar-refractivity contribution < 1.29 is 58.8 Å². The van der Waals surface area contributed by atoms with Gasteiger partial charge in [0, 0.05) is 17.9 Å². The van der Waals surface area contributed by atoms with Gasteiger partial charge < -0.3 is 63.8 Å². The zero-order valence-corrected chi connectivity index (χ0v) is 31.4. The normalized spacial score (nSPS) is 26.6. The molecule has 1 saturated heterocycles. The number of hydrogen-bond donors (Lipinski definition) is 12. The van der Waals surface area contributed by atoms with Crippen LogP contribution in [-0.4, -0.2) is 134 Å². The highest BCUT2D eigenvalue weighted by molar-refractivity contribution is 8.76. The van der Waals surface area contributed by atoms with Gasteiger partial charge in [0.05, 0.1) is 25.2 Å². The molecule has 1 aliphatic heterocycles. The summed E-state index contributed by atoms with van der Waals surface area (Å²) in [4.78, 5) is 104. The highest BCUT2D eigenvalue weighted by Gasteiger charge is 2.36. The molecule has 1 aromatic rings. The van der Waals surface area contributed by atoms with E-state index in [1.165, 1.54) is 24.3 Å². The van der Waals surface area contributed by atoms with Gasteiger partial charge in [0.15, 0.2) is 0 Å². The third-order valence-electron chi connectivity index (χ3n) is 7.80. The van der Waals surface area contributed by atoms with E-state index in [9.17, 15) is 58.8 Å². The summed E-state index contributed by atoms with van der Waals surface area (Å²) >= 11 is 0. The lowest BCUT2D eigenvalue weighted by atomic mass is 10.0. The Morgan fingerprint density at radius 3 is 1.83 bits per heavy atom. The van der Waals surface area contributed by atoms with Gasteiger partial charge in [0.1, 0.15) is 42.0 Å². The average molecular weight is 801 g/mol. The molecule has 0 radical (unpaired) electrons. The first-order chi connectivity index (χ1) is 25.3. The van der Waals surface area contributed by atoms with Crippen molar-refractivity contribution in [1.82, 2.24) is 31.9 Å². The van der Waals surface area contributed by atoms with Crippen molar-refractivity contribution in [3.63, 3.8) is 0 Å². The molecule has 300 valence electrons. The molecule has 8 atom stereocenters. The Hall–Kier alpha value is -4.64. The van der Waals surface area contributed by atoms with Crippen LogP contribution < -0.4 is 43.4 Å². The standard InChI is InChI=1S/C32H48N8O12S2/c1-14(2)8-19-28(48)39-23(26(34)46)13-54-53-12-18(33)27(47)35-20(9-16-4-6-17(43)7-5-16)29(49)38-22(11-41)31(51)36-21(10-24(44)45)30(50)40-25(15(3)42)32(52)37-19/h4-7,14-15,18-23,25,41-43H,8-13,33H2,1-3H3,(H2,34,46)(H,35,47)(H,36,51)(H,37,52)(H,38,49)(H,39,48)(H,40,50)(H,44,45)/t15-,18-,19-,20-,21-,22+,23-,25+/m1/s1. The van der Waals surface area contributed by atoms with Crippen molar-refractivity contribution in [2.75, 3.05) is 18.1 Å². The monoisotopic (exact) mass is 800 g/mol. The molecule has 14 N–H and O–H groups in total. The number of rotatable bonds is 9. The van der Waals surface area contributed by atoms with Gasteiger partial charge >= 0.3 is 5.97 Å². The minimum Gasteiger partial charge on any atom is -0.508 e. The van der Waals surface area contributed by atoms with Gasteiger partial charge in [-0.05, 0) is 37.0 Å². The van der Waals surface area contributed by atoms with Gasteiger partial charge in [-0.25, -0.2) is 0 Å². The molecule has 0 unspecified atom stereocenters. The van der Waals surface area contributed by atoms with Crippen LogP contribution in [0, 0.1) is 5.92 Å². The predicted molar refractivity (Wildman–Crippen MR) is 196 cm³/mol. The van der Waals surface area contributed by atoms with Crippen LogP contribution >= 0.6 is 21.6 Å². The summed E-state index contributed by atoms with van der Waals surface area (Å²) in [6, 6.07) is -5.06. The maximum atomic E-state index is 13.5. The number of aliphatic hydroxyl groups is 2. The number of nitrogens with two attached hydrogens (primary N) is 2. The molecule has 0 bridgehead atoms. The number of aromatic hydroxyl groups is 1. The van der Waals surface area contributed by atoms with E-state index in [-0.39, 0.29) is 36.0 Å². The van der Waals surface area contributed by atoms with Crippen LogP contribution in [-0.2, 0) is 44.8 Å². The number of phenols is 1. The number of carbonyl (C=O) groups excluding carboxylic acids is 7. The SMILES string of the molecule is CC(C)C[C@H]1NC(=O)[C@H]([C@@H](C)O)NC(=O)[C@@H](CC(=O)O)NC(=O)[C@H](CO)NC(=O)[C@@H](Cc2ccc(O)cc2)NC(=O)[C@H](N)CSSC[C@H](C(N)=O)NC1=O. The Morgan fingerprint density at radius 1 is 0.759 bits per heavy atom. The molecular weight excluding hydrogens is 753 g/mol. The van der Waals surface area contributed by atoms with Gasteiger partial charge in [-0.1, -0.05) is 47.6 Å². The number of benzene rings is 1. The zero-order chi connectivity index (χ0) is 40.7. The van der Waals surface area contributed by atoms with Gasteiger partial charge in [-0.2, -0.15) is 0 Å². The number of nitrogens with one attached hydrogen (secondary N) is 6. The Kier molecular flexibility index (Phi) is 18.5. The maximum absolute atomic E-state index is 13.5. The van der Waals surface area contributed by atoms with Crippen LogP contribution in [0.4, 0.5) is 0 Å². The summed E-state index contributed by atoms with van der Waals surface area (Å²) in [6.45, 7) is 3.57. The van der Waals surface area contributed by atoms with E-state index < -0.39 is 109 Å². The van der Waals surface area contributed by atoms with Crippen LogP contribution in [0.25, 0.3) is 0 Å². The fourth-order valence-electron chi connectivity index (χ4n) is 4.88. The van der Waals surface area contributed by atoms with Crippen molar-refractivity contribution in [3.8, 4) is 5.75 Å². The second kappa shape index (κ2) is 21.9. The molecule has 1 heterocycles. The van der Waals surface area contributed by atoms with Crippen molar-refractivity contribution in [2.45, 2.75) is 88.4 Å². The molecular formula is C32H48N8O12S2. The van der Waals surface area contributed by atoms with Crippen LogP contribution in [0.15, 0.2) is 24.3 Å². The minimum atomic E-state index is -1.91. The van der Waals surface area contributed by atoms with Crippen molar-refractivity contribution >= 4 is 68.9 Å². The quantitative estimate of drug-likeness (QED) is 0.106. The van der Waals surface area contributed by atoms with Crippen LogP contribution in [0.3, 0.4) is 0 Å². The Balaban J connectivity index is 2.53. The van der Waals surface area contributed by atoms with E-state index in [4.69, 9.17) is 11.5 Å². The summed E-state index contributed by atoms with van der Waals surface area (Å²) in [5, 5.41) is 53.6. The molecule has 20 nitrogen and oxygen atoms in total. The Morgan fingerprint density at radius 2 is 1.28 bits per heavy atom. The molecule has 22 heteroatoms.